The first-order chi connectivity index (χ1) is 15.1. The lowest BCUT2D eigenvalue weighted by atomic mass is 9.88. The number of aliphatic imine (C=N–C) groups is 1. The van der Waals surface area contributed by atoms with Crippen LogP contribution < -0.4 is 16.0 Å². The monoisotopic (exact) mass is 427 g/mol. The van der Waals surface area contributed by atoms with Gasteiger partial charge in [0.25, 0.3) is 5.91 Å². The van der Waals surface area contributed by atoms with Gasteiger partial charge < -0.3 is 20.9 Å². The molecule has 170 valence electrons. The van der Waals surface area contributed by atoms with Crippen LogP contribution in [0.1, 0.15) is 68.3 Å². The Morgan fingerprint density at radius 1 is 1.00 bits per heavy atom. The summed E-state index contributed by atoms with van der Waals surface area (Å²) in [4.78, 5) is 31.4. The summed E-state index contributed by atoms with van der Waals surface area (Å²) in [7, 11) is 0. The Morgan fingerprint density at radius 2 is 1.71 bits per heavy atom. The zero-order chi connectivity index (χ0) is 22.1. The fraction of sp³-hybridized carbons (Fsp3) is 0.625. The number of rotatable bonds is 7. The zero-order valence-electron chi connectivity index (χ0n) is 19.0. The van der Waals surface area contributed by atoms with Crippen molar-refractivity contribution in [2.24, 2.45) is 10.9 Å². The molecule has 1 aromatic rings. The third-order valence-corrected chi connectivity index (χ3v) is 6.11. The lowest BCUT2D eigenvalue weighted by molar-refractivity contribution is -0.135. The lowest BCUT2D eigenvalue weighted by Crippen LogP contribution is -2.45. The van der Waals surface area contributed by atoms with Gasteiger partial charge in [-0.05, 0) is 50.8 Å². The number of carbonyl (C=O) groups is 2. The van der Waals surface area contributed by atoms with E-state index in [0.29, 0.717) is 24.6 Å². The van der Waals surface area contributed by atoms with E-state index in [1.807, 2.05) is 43.0 Å². The fourth-order valence-corrected chi connectivity index (χ4v) is 4.39. The standard InChI is InChI=1S/C24H37N5O2/c1-3-25-22(30)19-12-10-18(11-13-19)16-27-24(26-4-2)28-21-14-15-29(17-21)23(31)20-8-6-5-7-9-20/h10-13,20-21H,3-9,14-17H2,1-2H3,(H,25,30)(H2,26,27,28). The van der Waals surface area contributed by atoms with Crippen LogP contribution in [0.5, 0.6) is 0 Å². The SMILES string of the molecule is CCNC(=O)c1ccc(CN=C(NCC)NC2CCN(C(=O)C3CCCCC3)C2)cc1. The van der Waals surface area contributed by atoms with Crippen molar-refractivity contribution >= 4 is 17.8 Å². The van der Waals surface area contributed by atoms with Gasteiger partial charge in [-0.2, -0.15) is 0 Å². The molecule has 1 atom stereocenters. The molecular formula is C24H37N5O2. The molecule has 7 nitrogen and oxygen atoms in total. The number of hydrogen-bond donors (Lipinski definition) is 3. The molecule has 2 fully saturated rings. The number of nitrogens with zero attached hydrogens (tertiary/aromatic N) is 2. The number of nitrogens with one attached hydrogen (secondary N) is 3. The Hall–Kier alpha value is -2.57. The van der Waals surface area contributed by atoms with Crippen LogP contribution in [0.15, 0.2) is 29.3 Å². The van der Waals surface area contributed by atoms with Crippen LogP contribution in [0.2, 0.25) is 0 Å². The van der Waals surface area contributed by atoms with Gasteiger partial charge in [-0.3, -0.25) is 9.59 Å². The van der Waals surface area contributed by atoms with E-state index in [4.69, 9.17) is 4.99 Å². The second-order valence-electron chi connectivity index (χ2n) is 8.50. The molecule has 0 aromatic heterocycles. The largest absolute Gasteiger partial charge is 0.357 e. The molecule has 31 heavy (non-hydrogen) atoms. The topological polar surface area (TPSA) is 85.8 Å². The first-order valence-corrected chi connectivity index (χ1v) is 11.8. The number of amides is 2. The molecule has 1 saturated heterocycles. The van der Waals surface area contributed by atoms with Crippen molar-refractivity contribution < 1.29 is 9.59 Å². The molecule has 1 aliphatic heterocycles. The summed E-state index contributed by atoms with van der Waals surface area (Å²) < 4.78 is 0. The maximum Gasteiger partial charge on any atom is 0.251 e. The second-order valence-corrected chi connectivity index (χ2v) is 8.50. The summed E-state index contributed by atoms with van der Waals surface area (Å²) in [6, 6.07) is 7.78. The van der Waals surface area contributed by atoms with Gasteiger partial charge in [-0.15, -0.1) is 0 Å². The molecule has 0 radical (unpaired) electrons. The Bertz CT molecular complexity index is 756. The third kappa shape index (κ3) is 6.71. The minimum absolute atomic E-state index is 0.0545. The van der Waals surface area contributed by atoms with Gasteiger partial charge in [0.15, 0.2) is 5.96 Å². The first kappa shape index (κ1) is 23.1. The predicted molar refractivity (Wildman–Crippen MR) is 124 cm³/mol. The van der Waals surface area contributed by atoms with E-state index in [1.165, 1.54) is 19.3 Å². The fourth-order valence-electron chi connectivity index (χ4n) is 4.39. The van der Waals surface area contributed by atoms with Crippen molar-refractivity contribution in [2.45, 2.75) is 65.0 Å². The van der Waals surface area contributed by atoms with E-state index in [9.17, 15) is 9.59 Å². The number of carbonyl (C=O) groups excluding carboxylic acids is 2. The highest BCUT2D eigenvalue weighted by Crippen LogP contribution is 2.26. The van der Waals surface area contributed by atoms with Crippen LogP contribution in [0, 0.1) is 5.92 Å². The molecule has 1 unspecified atom stereocenters. The van der Waals surface area contributed by atoms with E-state index in [2.05, 4.69) is 16.0 Å². The van der Waals surface area contributed by atoms with Gasteiger partial charge in [-0.1, -0.05) is 31.4 Å². The van der Waals surface area contributed by atoms with Gasteiger partial charge in [0, 0.05) is 43.7 Å². The molecule has 2 amide bonds. The Labute approximate surface area is 186 Å². The zero-order valence-corrected chi connectivity index (χ0v) is 19.0. The minimum Gasteiger partial charge on any atom is -0.357 e. The molecule has 0 bridgehead atoms. The first-order valence-electron chi connectivity index (χ1n) is 11.8. The molecule has 3 N–H and O–H groups in total. The molecular weight excluding hydrogens is 390 g/mol. The number of likely N-dealkylation sites (tertiary alicyclic amines) is 1. The molecule has 1 aliphatic carbocycles. The van der Waals surface area contributed by atoms with Gasteiger partial charge in [0.2, 0.25) is 5.91 Å². The van der Waals surface area contributed by atoms with Gasteiger partial charge in [0.05, 0.1) is 6.54 Å². The van der Waals surface area contributed by atoms with Crippen LogP contribution in [0.3, 0.4) is 0 Å². The number of hydrogen-bond acceptors (Lipinski definition) is 3. The molecule has 1 heterocycles. The average molecular weight is 428 g/mol. The number of benzene rings is 1. The van der Waals surface area contributed by atoms with Crippen molar-refractivity contribution in [3.63, 3.8) is 0 Å². The highest BCUT2D eigenvalue weighted by atomic mass is 16.2. The lowest BCUT2D eigenvalue weighted by Gasteiger charge is -2.26. The van der Waals surface area contributed by atoms with Crippen LogP contribution in [-0.2, 0) is 11.3 Å². The Kier molecular flexibility index (Phi) is 8.74. The van der Waals surface area contributed by atoms with E-state index < -0.39 is 0 Å². The van der Waals surface area contributed by atoms with Gasteiger partial charge >= 0.3 is 0 Å². The van der Waals surface area contributed by atoms with Crippen LogP contribution >= 0.6 is 0 Å². The summed E-state index contributed by atoms with van der Waals surface area (Å²) in [6.45, 7) is 7.46. The van der Waals surface area contributed by atoms with Crippen molar-refractivity contribution in [1.29, 1.82) is 0 Å². The maximum atomic E-state index is 12.8. The second kappa shape index (κ2) is 11.7. The maximum absolute atomic E-state index is 12.8. The van der Waals surface area contributed by atoms with E-state index in [0.717, 1.165) is 50.4 Å². The van der Waals surface area contributed by atoms with E-state index in [1.54, 1.807) is 0 Å². The highest BCUT2D eigenvalue weighted by molar-refractivity contribution is 5.94. The van der Waals surface area contributed by atoms with Crippen LogP contribution in [-0.4, -0.2) is 54.9 Å². The summed E-state index contributed by atoms with van der Waals surface area (Å²) in [5, 5.41) is 9.61. The molecule has 2 aliphatic rings. The van der Waals surface area contributed by atoms with Gasteiger partial charge in [-0.25, -0.2) is 4.99 Å². The van der Waals surface area contributed by atoms with E-state index >= 15 is 0 Å². The van der Waals surface area contributed by atoms with Crippen molar-refractivity contribution in [2.75, 3.05) is 26.2 Å². The molecule has 7 heteroatoms. The Balaban J connectivity index is 1.52. The summed E-state index contributed by atoms with van der Waals surface area (Å²) in [6.07, 6.45) is 6.70. The van der Waals surface area contributed by atoms with Crippen molar-refractivity contribution in [3.05, 3.63) is 35.4 Å². The highest BCUT2D eigenvalue weighted by Gasteiger charge is 2.31. The molecule has 3 rings (SSSR count). The van der Waals surface area contributed by atoms with Crippen LogP contribution in [0.25, 0.3) is 0 Å². The summed E-state index contributed by atoms with van der Waals surface area (Å²) in [5.74, 6) is 1.29. The van der Waals surface area contributed by atoms with Gasteiger partial charge in [0.1, 0.15) is 0 Å². The third-order valence-electron chi connectivity index (χ3n) is 6.11. The molecule has 1 saturated carbocycles. The Morgan fingerprint density at radius 3 is 2.39 bits per heavy atom. The number of guanidine groups is 1. The molecule has 1 aromatic carbocycles. The smallest absolute Gasteiger partial charge is 0.251 e. The average Bonchev–Trinajstić information content (AvgIpc) is 3.26. The summed E-state index contributed by atoms with van der Waals surface area (Å²) in [5.41, 5.74) is 1.71. The molecule has 0 spiro atoms. The van der Waals surface area contributed by atoms with Crippen molar-refractivity contribution in [3.8, 4) is 0 Å². The van der Waals surface area contributed by atoms with Crippen molar-refractivity contribution in [1.82, 2.24) is 20.9 Å². The van der Waals surface area contributed by atoms with Crippen LogP contribution in [0.4, 0.5) is 0 Å². The normalized spacial score (nSPS) is 19.9. The van der Waals surface area contributed by atoms with E-state index in [-0.39, 0.29) is 17.9 Å². The summed E-state index contributed by atoms with van der Waals surface area (Å²) >= 11 is 0. The minimum atomic E-state index is -0.0545. The predicted octanol–water partition coefficient (Wildman–Crippen LogP) is 2.67. The quantitative estimate of drug-likeness (QED) is 0.461.